The molecule has 0 saturated heterocycles. The van der Waals surface area contributed by atoms with Crippen LogP contribution in [-0.4, -0.2) is 30.9 Å². The maximum absolute atomic E-state index is 9.10. The number of fused-ring (bicyclic) bond motifs is 1. The van der Waals surface area contributed by atoms with Crippen LogP contribution in [0.15, 0.2) is 46.9 Å². The average Bonchev–Trinajstić information content (AvgIpc) is 3.07. The summed E-state index contributed by atoms with van der Waals surface area (Å²) in [6.45, 7) is 4.04. The highest BCUT2D eigenvalue weighted by atomic mass is 16.3. The summed E-state index contributed by atoms with van der Waals surface area (Å²) in [5.74, 6) is 0.595. The smallest absolute Gasteiger partial charge is 0.227 e. The van der Waals surface area contributed by atoms with Gasteiger partial charge >= 0.3 is 0 Å². The molecule has 2 heterocycles. The number of nitriles is 1. The lowest BCUT2D eigenvalue weighted by molar-refractivity contribution is 0.497. The number of aromatic nitrogens is 1. The Kier molecular flexibility index (Phi) is 3.91. The summed E-state index contributed by atoms with van der Waals surface area (Å²) >= 11 is 0. The van der Waals surface area contributed by atoms with Gasteiger partial charge in [-0.2, -0.15) is 5.26 Å². The van der Waals surface area contributed by atoms with Crippen LogP contribution in [-0.2, 0) is 0 Å². The fraction of sp³-hybridized carbons (Fsp3) is 0.200. The van der Waals surface area contributed by atoms with Crippen LogP contribution in [0, 0.1) is 18.3 Å². The summed E-state index contributed by atoms with van der Waals surface area (Å²) < 4.78 is 5.94. The van der Waals surface area contributed by atoms with E-state index in [1.807, 2.05) is 13.0 Å². The van der Waals surface area contributed by atoms with Gasteiger partial charge in [0, 0.05) is 12.1 Å². The first-order valence-corrected chi connectivity index (χ1v) is 8.44. The van der Waals surface area contributed by atoms with Gasteiger partial charge in [-0.15, -0.1) is 0 Å². The van der Waals surface area contributed by atoms with Gasteiger partial charge in [0.15, 0.2) is 13.6 Å². The van der Waals surface area contributed by atoms with Crippen LogP contribution in [0.25, 0.3) is 28.1 Å². The van der Waals surface area contributed by atoms with Crippen molar-refractivity contribution >= 4 is 24.7 Å². The second kappa shape index (κ2) is 6.23. The molecular weight excluding hydrogens is 309 g/mol. The van der Waals surface area contributed by atoms with Crippen LogP contribution in [0.4, 0.5) is 0 Å². The largest absolute Gasteiger partial charge is 0.436 e. The van der Waals surface area contributed by atoms with Crippen LogP contribution in [0.1, 0.15) is 23.1 Å². The van der Waals surface area contributed by atoms with E-state index in [4.69, 9.17) is 9.68 Å². The van der Waals surface area contributed by atoms with Crippen molar-refractivity contribution < 1.29 is 4.42 Å². The number of hydrogen-bond donors (Lipinski definition) is 0. The third kappa shape index (κ3) is 2.97. The number of oxazole rings is 1. The van der Waals surface area contributed by atoms with Crippen molar-refractivity contribution in [3.8, 4) is 17.5 Å². The van der Waals surface area contributed by atoms with Crippen LogP contribution < -0.4 is 0 Å². The first-order chi connectivity index (χ1) is 12.1. The van der Waals surface area contributed by atoms with Gasteiger partial charge < -0.3 is 9.23 Å². The third-order valence-electron chi connectivity index (χ3n) is 4.72. The number of aryl methyl sites for hydroxylation is 1. The minimum absolute atomic E-state index is 0.595. The van der Waals surface area contributed by atoms with Gasteiger partial charge in [0.1, 0.15) is 5.52 Å². The van der Waals surface area contributed by atoms with E-state index >= 15 is 0 Å². The number of benzene rings is 2. The molecule has 122 valence electrons. The zero-order valence-corrected chi connectivity index (χ0v) is 14.4. The van der Waals surface area contributed by atoms with E-state index in [-0.39, 0.29) is 0 Å². The minimum Gasteiger partial charge on any atom is -0.436 e. The molecule has 0 spiro atoms. The van der Waals surface area contributed by atoms with Gasteiger partial charge in [-0.25, -0.2) is 4.98 Å². The Morgan fingerprint density at radius 3 is 2.64 bits per heavy atom. The second-order valence-corrected chi connectivity index (χ2v) is 6.59. The molecule has 0 amide bonds. The Bertz CT molecular complexity index is 1010. The molecule has 3 aromatic rings. The average molecular weight is 327 g/mol. The molecule has 0 bridgehead atoms. The quantitative estimate of drug-likeness (QED) is 0.678. The van der Waals surface area contributed by atoms with Crippen LogP contribution in [0.5, 0.6) is 0 Å². The number of rotatable bonds is 2. The molecule has 1 aliphatic heterocycles. The van der Waals surface area contributed by atoms with Gasteiger partial charge in [0.05, 0.1) is 11.6 Å². The Balaban J connectivity index is 1.67. The van der Waals surface area contributed by atoms with Crippen molar-refractivity contribution in [1.82, 2.24) is 9.79 Å². The molecule has 0 N–H and O–H groups in total. The first-order valence-electron chi connectivity index (χ1n) is 8.44. The second-order valence-electron chi connectivity index (χ2n) is 6.59. The fourth-order valence-corrected chi connectivity index (χ4v) is 3.25. The molecule has 4 nitrogen and oxygen atoms in total. The highest BCUT2D eigenvalue weighted by Gasteiger charge is 2.13. The lowest BCUT2D eigenvalue weighted by atomic mass is 9.97. The summed E-state index contributed by atoms with van der Waals surface area (Å²) in [4.78, 5) is 6.88. The van der Waals surface area contributed by atoms with E-state index in [2.05, 4.69) is 54.2 Å². The molecule has 5 heteroatoms. The number of nitrogens with zero attached hydrogens (tertiary/aromatic N) is 3. The highest BCUT2D eigenvalue weighted by molar-refractivity contribution is 6.04. The Morgan fingerprint density at radius 2 is 1.96 bits per heavy atom. The molecule has 1 aromatic heterocycles. The van der Waals surface area contributed by atoms with Gasteiger partial charge in [-0.1, -0.05) is 18.2 Å². The van der Waals surface area contributed by atoms with Crippen LogP contribution in [0.2, 0.25) is 0 Å². The molecule has 0 unspecified atom stereocenters. The van der Waals surface area contributed by atoms with E-state index in [1.54, 1.807) is 6.07 Å². The molecule has 0 radical (unpaired) electrons. The fourth-order valence-electron chi connectivity index (χ4n) is 3.25. The van der Waals surface area contributed by atoms with E-state index < -0.39 is 0 Å². The Labute approximate surface area is 147 Å². The van der Waals surface area contributed by atoms with E-state index in [1.165, 1.54) is 11.1 Å². The summed E-state index contributed by atoms with van der Waals surface area (Å²) in [6, 6.07) is 14.1. The van der Waals surface area contributed by atoms with Gasteiger partial charge in [-0.3, -0.25) is 0 Å². The van der Waals surface area contributed by atoms with Gasteiger partial charge in [0.2, 0.25) is 5.89 Å². The predicted octanol–water partition coefficient (Wildman–Crippen LogP) is 3.31. The monoisotopic (exact) mass is 327 g/mol. The minimum atomic E-state index is 0.595. The van der Waals surface area contributed by atoms with Crippen molar-refractivity contribution in [3.63, 3.8) is 0 Å². The van der Waals surface area contributed by atoms with Crippen LogP contribution >= 0.6 is 0 Å². The molecule has 0 atom stereocenters. The molecule has 0 saturated carbocycles. The Morgan fingerprint density at radius 1 is 1.20 bits per heavy atom. The number of hydrogen-bond acceptors (Lipinski definition) is 4. The predicted molar refractivity (Wildman–Crippen MR) is 102 cm³/mol. The summed E-state index contributed by atoms with van der Waals surface area (Å²) in [5.41, 5.74) is 6.62. The summed E-state index contributed by atoms with van der Waals surface area (Å²) in [6.07, 6.45) is 3.37. The molecule has 0 fully saturated rings. The standard InChI is InChI=1S/C20H18BN3O/c1-13-10-14(12-22)11-18-19(13)25-20(23-18)17-4-2-15(3-5-17)16-6-8-24(21)9-7-16/h2-6,10-11H,7-9,21H2,1H3. The zero-order chi connectivity index (χ0) is 17.4. The van der Waals surface area contributed by atoms with Crippen LogP contribution in [0.3, 0.4) is 0 Å². The molecule has 25 heavy (non-hydrogen) atoms. The van der Waals surface area contributed by atoms with E-state index in [0.29, 0.717) is 11.5 Å². The van der Waals surface area contributed by atoms with Crippen molar-refractivity contribution in [1.29, 1.82) is 5.26 Å². The van der Waals surface area contributed by atoms with Gasteiger partial charge in [-0.05, 0) is 60.9 Å². The lowest BCUT2D eigenvalue weighted by Crippen LogP contribution is -2.25. The lowest BCUT2D eigenvalue weighted by Gasteiger charge is -2.22. The maximum Gasteiger partial charge on any atom is 0.227 e. The molecule has 2 aromatic carbocycles. The molecular formula is C20H18BN3O. The normalized spacial score (nSPS) is 15.1. The van der Waals surface area contributed by atoms with Crippen molar-refractivity contribution in [2.24, 2.45) is 0 Å². The topological polar surface area (TPSA) is 53.1 Å². The summed E-state index contributed by atoms with van der Waals surface area (Å²) in [5, 5.41) is 9.10. The SMILES string of the molecule is BN1CC=C(c2ccc(-c3nc4cc(C#N)cc(C)c4o3)cc2)CC1. The van der Waals surface area contributed by atoms with Crippen molar-refractivity contribution in [2.45, 2.75) is 13.3 Å². The molecule has 1 aliphatic rings. The van der Waals surface area contributed by atoms with Crippen molar-refractivity contribution in [3.05, 3.63) is 59.2 Å². The van der Waals surface area contributed by atoms with Crippen molar-refractivity contribution in [2.75, 3.05) is 13.1 Å². The first kappa shape index (κ1) is 15.7. The van der Waals surface area contributed by atoms with Gasteiger partial charge in [0.25, 0.3) is 0 Å². The third-order valence-corrected chi connectivity index (χ3v) is 4.72. The maximum atomic E-state index is 9.10. The Hall–Kier alpha value is -2.84. The highest BCUT2D eigenvalue weighted by Crippen LogP contribution is 2.29. The molecule has 4 rings (SSSR count). The van der Waals surface area contributed by atoms with E-state index in [0.717, 1.165) is 41.7 Å². The summed E-state index contributed by atoms with van der Waals surface area (Å²) in [7, 11) is 2.14. The molecule has 0 aliphatic carbocycles. The van der Waals surface area contributed by atoms with E-state index in [9.17, 15) is 0 Å². The zero-order valence-electron chi connectivity index (χ0n) is 14.4.